The van der Waals surface area contributed by atoms with Gasteiger partial charge in [0.1, 0.15) is 11.5 Å². The molecular weight excluding hydrogens is 273 g/mol. The molecule has 1 aromatic heterocycles. The molecule has 0 radical (unpaired) electrons. The quantitative estimate of drug-likeness (QED) is 0.873. The van der Waals surface area contributed by atoms with Crippen molar-refractivity contribution in [2.75, 3.05) is 25.5 Å². The van der Waals surface area contributed by atoms with Crippen LogP contribution in [0.5, 0.6) is 0 Å². The fourth-order valence-electron chi connectivity index (χ4n) is 1.37. The Hall–Kier alpha value is -1.86. The van der Waals surface area contributed by atoms with Gasteiger partial charge in [-0.25, -0.2) is 9.97 Å². The summed E-state index contributed by atoms with van der Waals surface area (Å²) in [6.07, 6.45) is -1.76. The fourth-order valence-corrected chi connectivity index (χ4v) is 1.37. The van der Waals surface area contributed by atoms with Gasteiger partial charge in [0.2, 0.25) is 0 Å². The van der Waals surface area contributed by atoms with E-state index in [0.29, 0.717) is 5.82 Å². The van der Waals surface area contributed by atoms with Gasteiger partial charge in [0.25, 0.3) is 5.91 Å². The minimum Gasteiger partial charge on any atom is -0.369 e. The minimum absolute atomic E-state index is 0.0247. The van der Waals surface area contributed by atoms with Crippen LogP contribution in [0.1, 0.15) is 30.3 Å². The first-order valence-electron chi connectivity index (χ1n) is 6.21. The number of halogens is 3. The van der Waals surface area contributed by atoms with E-state index in [9.17, 15) is 18.0 Å². The van der Waals surface area contributed by atoms with Crippen molar-refractivity contribution in [2.24, 2.45) is 0 Å². The molecule has 0 aliphatic carbocycles. The van der Waals surface area contributed by atoms with Gasteiger partial charge in [0, 0.05) is 20.1 Å². The van der Waals surface area contributed by atoms with Crippen molar-refractivity contribution in [3.63, 3.8) is 0 Å². The molecule has 1 heterocycles. The zero-order valence-corrected chi connectivity index (χ0v) is 11.4. The molecule has 0 fully saturated rings. The number of carbonyl (C=O) groups excluding carboxylic acids is 1. The van der Waals surface area contributed by atoms with Gasteiger partial charge in [-0.15, -0.1) is 0 Å². The summed E-state index contributed by atoms with van der Waals surface area (Å²) in [5, 5.41) is 2.99. The van der Waals surface area contributed by atoms with E-state index < -0.39 is 25.0 Å². The third-order valence-electron chi connectivity index (χ3n) is 2.50. The molecule has 20 heavy (non-hydrogen) atoms. The predicted molar refractivity (Wildman–Crippen MR) is 68.4 cm³/mol. The molecular formula is C12H17F3N4O. The zero-order chi connectivity index (χ0) is 15.2. The summed E-state index contributed by atoms with van der Waals surface area (Å²) in [7, 11) is 1.30. The van der Waals surface area contributed by atoms with Crippen molar-refractivity contribution >= 4 is 11.7 Å². The summed E-state index contributed by atoms with van der Waals surface area (Å²) >= 11 is 0. The van der Waals surface area contributed by atoms with Crippen LogP contribution in [0, 0.1) is 0 Å². The van der Waals surface area contributed by atoms with E-state index in [0.717, 1.165) is 17.9 Å². The lowest BCUT2D eigenvalue weighted by molar-refractivity contribution is -0.136. The van der Waals surface area contributed by atoms with Crippen LogP contribution < -0.4 is 5.32 Å². The number of nitrogens with one attached hydrogen (secondary N) is 1. The van der Waals surface area contributed by atoms with Crippen molar-refractivity contribution in [2.45, 2.75) is 25.9 Å². The van der Waals surface area contributed by atoms with Crippen LogP contribution in [-0.2, 0) is 0 Å². The summed E-state index contributed by atoms with van der Waals surface area (Å²) in [5.41, 5.74) is 0.0247. The van der Waals surface area contributed by atoms with Gasteiger partial charge in [0.15, 0.2) is 0 Å². The first-order chi connectivity index (χ1) is 9.33. The van der Waals surface area contributed by atoms with E-state index in [1.807, 2.05) is 6.92 Å². The maximum Gasteiger partial charge on any atom is 0.390 e. The maximum absolute atomic E-state index is 12.1. The smallest absolute Gasteiger partial charge is 0.369 e. The van der Waals surface area contributed by atoms with Crippen molar-refractivity contribution in [1.82, 2.24) is 14.9 Å². The van der Waals surface area contributed by atoms with Gasteiger partial charge >= 0.3 is 6.18 Å². The number of aromatic nitrogens is 2. The lowest BCUT2D eigenvalue weighted by Crippen LogP contribution is -2.31. The van der Waals surface area contributed by atoms with E-state index in [1.165, 1.54) is 19.4 Å². The molecule has 1 N–H and O–H groups in total. The molecule has 1 aromatic rings. The Balaban J connectivity index is 2.58. The number of amides is 1. The van der Waals surface area contributed by atoms with E-state index in [4.69, 9.17) is 0 Å². The van der Waals surface area contributed by atoms with Crippen LogP contribution in [0.25, 0.3) is 0 Å². The van der Waals surface area contributed by atoms with Gasteiger partial charge in [-0.1, -0.05) is 6.92 Å². The predicted octanol–water partition coefficient (Wildman–Crippen LogP) is 2.32. The van der Waals surface area contributed by atoms with Crippen LogP contribution in [0.3, 0.4) is 0 Å². The molecule has 112 valence electrons. The Kier molecular flexibility index (Phi) is 5.72. The first kappa shape index (κ1) is 16.2. The van der Waals surface area contributed by atoms with Crippen LogP contribution in [0.15, 0.2) is 12.4 Å². The second-order valence-electron chi connectivity index (χ2n) is 4.31. The van der Waals surface area contributed by atoms with Crippen LogP contribution in [-0.4, -0.2) is 47.1 Å². The van der Waals surface area contributed by atoms with Crippen molar-refractivity contribution < 1.29 is 18.0 Å². The van der Waals surface area contributed by atoms with Crippen molar-refractivity contribution in [3.05, 3.63) is 18.1 Å². The molecule has 0 aliphatic rings. The second kappa shape index (κ2) is 7.06. The lowest BCUT2D eigenvalue weighted by atomic mass is 10.3. The zero-order valence-electron chi connectivity index (χ0n) is 11.4. The van der Waals surface area contributed by atoms with Crippen molar-refractivity contribution in [1.29, 1.82) is 0 Å². The summed E-state index contributed by atoms with van der Waals surface area (Å²) in [4.78, 5) is 20.7. The second-order valence-corrected chi connectivity index (χ2v) is 4.31. The number of alkyl halides is 3. The molecule has 0 aliphatic heterocycles. The highest BCUT2D eigenvalue weighted by Crippen LogP contribution is 2.19. The van der Waals surface area contributed by atoms with E-state index in [-0.39, 0.29) is 5.69 Å². The van der Waals surface area contributed by atoms with E-state index in [2.05, 4.69) is 15.3 Å². The number of hydrogen-bond acceptors (Lipinski definition) is 4. The number of rotatable bonds is 6. The summed E-state index contributed by atoms with van der Waals surface area (Å²) in [5.74, 6) is -0.0508. The summed E-state index contributed by atoms with van der Waals surface area (Å²) in [6.45, 7) is 2.32. The highest BCUT2D eigenvalue weighted by Gasteiger charge is 2.28. The molecule has 5 nitrogen and oxygen atoms in total. The minimum atomic E-state index is -4.28. The third kappa shape index (κ3) is 5.41. The Bertz CT molecular complexity index is 433. The fraction of sp³-hybridized carbons (Fsp3) is 0.583. The lowest BCUT2D eigenvalue weighted by Gasteiger charge is -2.17. The SMILES string of the molecule is CCCNc1cnc(C(=O)N(C)CCC(F)(F)F)cn1. The molecule has 0 bridgehead atoms. The van der Waals surface area contributed by atoms with Crippen molar-refractivity contribution in [3.8, 4) is 0 Å². The molecule has 0 saturated heterocycles. The van der Waals surface area contributed by atoms with Gasteiger partial charge < -0.3 is 10.2 Å². The first-order valence-corrected chi connectivity index (χ1v) is 6.21. The number of hydrogen-bond donors (Lipinski definition) is 1. The third-order valence-corrected chi connectivity index (χ3v) is 2.50. The average Bonchev–Trinajstić information content (AvgIpc) is 2.41. The molecule has 0 unspecified atom stereocenters. The van der Waals surface area contributed by atoms with Crippen LogP contribution in [0.2, 0.25) is 0 Å². The maximum atomic E-state index is 12.1. The van der Waals surface area contributed by atoms with E-state index >= 15 is 0 Å². The molecule has 0 aromatic carbocycles. The molecule has 8 heteroatoms. The standard InChI is InChI=1S/C12H17F3N4O/c1-3-5-16-10-8-17-9(7-18-10)11(20)19(2)6-4-12(13,14)15/h7-8H,3-6H2,1-2H3,(H,16,18). The molecule has 1 rings (SSSR count). The molecule has 1 amide bonds. The number of nitrogens with zero attached hydrogens (tertiary/aromatic N) is 3. The van der Waals surface area contributed by atoms with Gasteiger partial charge in [-0.3, -0.25) is 4.79 Å². The number of carbonyl (C=O) groups is 1. The largest absolute Gasteiger partial charge is 0.390 e. The molecule has 0 spiro atoms. The van der Waals surface area contributed by atoms with Crippen LogP contribution >= 0.6 is 0 Å². The number of anilines is 1. The Morgan fingerprint density at radius 1 is 1.35 bits per heavy atom. The normalized spacial score (nSPS) is 11.2. The van der Waals surface area contributed by atoms with Gasteiger partial charge in [-0.05, 0) is 6.42 Å². The van der Waals surface area contributed by atoms with Crippen LogP contribution in [0.4, 0.5) is 19.0 Å². The van der Waals surface area contributed by atoms with Gasteiger partial charge in [-0.2, -0.15) is 13.2 Å². The Morgan fingerprint density at radius 3 is 2.55 bits per heavy atom. The highest BCUT2D eigenvalue weighted by atomic mass is 19.4. The molecule has 0 saturated carbocycles. The Morgan fingerprint density at radius 2 is 2.05 bits per heavy atom. The van der Waals surface area contributed by atoms with Gasteiger partial charge in [0.05, 0.1) is 18.8 Å². The highest BCUT2D eigenvalue weighted by molar-refractivity contribution is 5.91. The summed E-state index contributed by atoms with van der Waals surface area (Å²) < 4.78 is 36.2. The monoisotopic (exact) mass is 290 g/mol. The average molecular weight is 290 g/mol. The Labute approximate surface area is 115 Å². The summed E-state index contributed by atoms with van der Waals surface area (Å²) in [6, 6.07) is 0. The molecule has 0 atom stereocenters. The van der Waals surface area contributed by atoms with E-state index in [1.54, 1.807) is 0 Å². The topological polar surface area (TPSA) is 58.1 Å².